The number of benzene rings is 2. The summed E-state index contributed by atoms with van der Waals surface area (Å²) >= 11 is 0.831. The maximum atomic E-state index is 13.2. The summed E-state index contributed by atoms with van der Waals surface area (Å²) in [5, 5.41) is 22.6. The number of hydrogen-bond acceptors (Lipinski definition) is 10. The number of carbonyl (C=O) groups excluding carboxylic acids is 3. The Hall–Kier alpha value is -4.58. The number of esters is 1. The van der Waals surface area contributed by atoms with Crippen molar-refractivity contribution in [2.45, 2.75) is 13.0 Å². The SMILES string of the molecule is COC(=O)c1sc(N2C(=O)C(=O)/C(=C(/O)c3ccc(OC)cc3)[C@H]2c2cccc([N+](=O)[O-])c2)nc1C. The summed E-state index contributed by atoms with van der Waals surface area (Å²) in [6.45, 7) is 1.54. The normalized spacial score (nSPS) is 16.8. The quantitative estimate of drug-likeness (QED) is 0.131. The lowest BCUT2D eigenvalue weighted by Gasteiger charge is -2.22. The second kappa shape index (κ2) is 9.58. The number of nitro groups is 1. The van der Waals surface area contributed by atoms with Crippen molar-refractivity contribution in [2.24, 2.45) is 0 Å². The van der Waals surface area contributed by atoms with E-state index in [1.165, 1.54) is 50.6 Å². The largest absolute Gasteiger partial charge is 0.507 e. The van der Waals surface area contributed by atoms with Crippen LogP contribution in [0.5, 0.6) is 5.75 Å². The van der Waals surface area contributed by atoms with Gasteiger partial charge >= 0.3 is 11.9 Å². The lowest BCUT2D eigenvalue weighted by atomic mass is 9.95. The van der Waals surface area contributed by atoms with Crippen molar-refractivity contribution in [3.8, 4) is 5.75 Å². The molecule has 0 radical (unpaired) electrons. The number of thiazole rings is 1. The number of nitro benzene ring substituents is 1. The fourth-order valence-electron chi connectivity index (χ4n) is 3.83. The topological polar surface area (TPSA) is 149 Å². The first-order chi connectivity index (χ1) is 17.2. The first-order valence-electron chi connectivity index (χ1n) is 10.4. The first kappa shape index (κ1) is 24.5. The molecule has 11 nitrogen and oxygen atoms in total. The minimum absolute atomic E-state index is 0.000266. The summed E-state index contributed by atoms with van der Waals surface area (Å²) in [4.78, 5) is 54.9. The molecule has 1 aromatic heterocycles. The van der Waals surface area contributed by atoms with E-state index >= 15 is 0 Å². The standard InChI is InChI=1S/C24H19N3O8S/c1-12-21(23(31)35-3)36-24(25-12)26-18(14-5-4-6-15(11-14)27(32)33)17(20(29)22(26)30)19(28)13-7-9-16(34-2)10-8-13/h4-11,18,28H,1-3H3/b19-17+/t18-/m1/s1. The van der Waals surface area contributed by atoms with Gasteiger partial charge in [0.15, 0.2) is 5.13 Å². The van der Waals surface area contributed by atoms with Crippen LogP contribution in [-0.4, -0.2) is 46.9 Å². The van der Waals surface area contributed by atoms with Crippen LogP contribution in [-0.2, 0) is 14.3 Å². The molecular weight excluding hydrogens is 490 g/mol. The smallest absolute Gasteiger partial charge is 0.350 e. The average molecular weight is 509 g/mol. The molecule has 1 saturated heterocycles. The number of carbonyl (C=O) groups is 3. The molecule has 1 aliphatic heterocycles. The molecule has 1 aliphatic rings. The van der Waals surface area contributed by atoms with Gasteiger partial charge in [0, 0.05) is 17.7 Å². The minimum atomic E-state index is -1.25. The Morgan fingerprint density at radius 1 is 1.17 bits per heavy atom. The van der Waals surface area contributed by atoms with Crippen LogP contribution in [0.1, 0.15) is 32.5 Å². The predicted octanol–water partition coefficient (Wildman–Crippen LogP) is 3.78. The summed E-state index contributed by atoms with van der Waals surface area (Å²) in [6, 6.07) is 10.3. The highest BCUT2D eigenvalue weighted by Crippen LogP contribution is 2.44. The van der Waals surface area contributed by atoms with E-state index in [0.29, 0.717) is 5.75 Å². The Morgan fingerprint density at radius 3 is 2.47 bits per heavy atom. The van der Waals surface area contributed by atoms with E-state index in [1.807, 2.05) is 0 Å². The molecular formula is C24H19N3O8S. The average Bonchev–Trinajstić information content (AvgIpc) is 3.39. The van der Waals surface area contributed by atoms with E-state index in [9.17, 15) is 29.6 Å². The lowest BCUT2D eigenvalue weighted by Crippen LogP contribution is -2.29. The number of aliphatic hydroxyl groups is 1. The molecule has 12 heteroatoms. The lowest BCUT2D eigenvalue weighted by molar-refractivity contribution is -0.384. The first-order valence-corrected chi connectivity index (χ1v) is 11.2. The third-order valence-electron chi connectivity index (χ3n) is 5.57. The molecule has 2 aromatic carbocycles. The number of anilines is 1. The van der Waals surface area contributed by atoms with Gasteiger partial charge in [0.05, 0.1) is 36.5 Å². The van der Waals surface area contributed by atoms with Gasteiger partial charge in [-0.05, 0) is 36.8 Å². The summed E-state index contributed by atoms with van der Waals surface area (Å²) in [6.07, 6.45) is 0. The third kappa shape index (κ3) is 4.18. The number of non-ortho nitro benzene ring substituents is 1. The number of Topliss-reactive ketones (excluding diaryl/α,β-unsaturated/α-hetero) is 1. The van der Waals surface area contributed by atoms with Gasteiger partial charge in [-0.15, -0.1) is 0 Å². The number of methoxy groups -OCH3 is 2. The number of aryl methyl sites for hydroxylation is 1. The second-order valence-electron chi connectivity index (χ2n) is 7.65. The number of nitrogens with zero attached hydrogens (tertiary/aromatic N) is 3. The van der Waals surface area contributed by atoms with Gasteiger partial charge in [0.1, 0.15) is 16.4 Å². The minimum Gasteiger partial charge on any atom is -0.507 e. The van der Waals surface area contributed by atoms with Gasteiger partial charge in [-0.3, -0.25) is 24.6 Å². The highest BCUT2D eigenvalue weighted by molar-refractivity contribution is 7.17. The zero-order valence-corrected chi connectivity index (χ0v) is 20.1. The van der Waals surface area contributed by atoms with Crippen LogP contribution in [0.4, 0.5) is 10.8 Å². The molecule has 1 N–H and O–H groups in total. The number of ether oxygens (including phenoxy) is 2. The Morgan fingerprint density at radius 2 is 1.86 bits per heavy atom. The Balaban J connectivity index is 1.95. The molecule has 184 valence electrons. The zero-order chi connectivity index (χ0) is 26.1. The van der Waals surface area contributed by atoms with Crippen molar-refractivity contribution < 1.29 is 33.9 Å². The van der Waals surface area contributed by atoms with E-state index in [2.05, 4.69) is 4.98 Å². The van der Waals surface area contributed by atoms with E-state index in [1.54, 1.807) is 19.1 Å². The Labute approximate surface area is 208 Å². The van der Waals surface area contributed by atoms with Gasteiger partial charge in [-0.25, -0.2) is 9.78 Å². The molecule has 4 rings (SSSR count). The molecule has 0 unspecified atom stereocenters. The van der Waals surface area contributed by atoms with Gasteiger partial charge in [0.25, 0.3) is 11.5 Å². The van der Waals surface area contributed by atoms with Crippen LogP contribution in [0.25, 0.3) is 5.76 Å². The van der Waals surface area contributed by atoms with Crippen molar-refractivity contribution in [3.05, 3.63) is 85.9 Å². The van der Waals surface area contributed by atoms with Gasteiger partial charge in [-0.1, -0.05) is 23.5 Å². The molecule has 1 atom stereocenters. The van der Waals surface area contributed by atoms with Crippen LogP contribution < -0.4 is 9.64 Å². The molecule has 0 bridgehead atoms. The van der Waals surface area contributed by atoms with Crippen LogP contribution in [0.2, 0.25) is 0 Å². The molecule has 0 spiro atoms. The van der Waals surface area contributed by atoms with Gasteiger partial charge in [0.2, 0.25) is 0 Å². The summed E-state index contributed by atoms with van der Waals surface area (Å²) in [5.74, 6) is -2.65. The van der Waals surface area contributed by atoms with Crippen LogP contribution in [0.3, 0.4) is 0 Å². The zero-order valence-electron chi connectivity index (χ0n) is 19.3. The van der Waals surface area contributed by atoms with Crippen molar-refractivity contribution in [1.29, 1.82) is 0 Å². The molecule has 3 aromatic rings. The van der Waals surface area contributed by atoms with Crippen molar-refractivity contribution in [1.82, 2.24) is 4.98 Å². The highest BCUT2D eigenvalue weighted by atomic mass is 32.1. The fraction of sp³-hybridized carbons (Fsp3) is 0.167. The Kier molecular flexibility index (Phi) is 6.53. The summed E-state index contributed by atoms with van der Waals surface area (Å²) in [7, 11) is 2.67. The molecule has 0 aliphatic carbocycles. The van der Waals surface area contributed by atoms with Crippen LogP contribution in [0, 0.1) is 17.0 Å². The second-order valence-corrected chi connectivity index (χ2v) is 8.63. The predicted molar refractivity (Wildman–Crippen MR) is 129 cm³/mol. The number of aromatic nitrogens is 1. The number of ketones is 1. The van der Waals surface area contributed by atoms with E-state index in [4.69, 9.17) is 9.47 Å². The summed E-state index contributed by atoms with van der Waals surface area (Å²) in [5.41, 5.74) is 0.156. The Bertz CT molecular complexity index is 1430. The van der Waals surface area contributed by atoms with Gasteiger partial charge < -0.3 is 14.6 Å². The number of amides is 1. The van der Waals surface area contributed by atoms with E-state index in [-0.39, 0.29) is 38.1 Å². The summed E-state index contributed by atoms with van der Waals surface area (Å²) < 4.78 is 9.88. The maximum Gasteiger partial charge on any atom is 0.350 e. The van der Waals surface area contributed by atoms with Crippen molar-refractivity contribution in [3.63, 3.8) is 0 Å². The van der Waals surface area contributed by atoms with Gasteiger partial charge in [-0.2, -0.15) is 0 Å². The molecule has 1 amide bonds. The highest BCUT2D eigenvalue weighted by Gasteiger charge is 2.48. The molecule has 1 fully saturated rings. The van der Waals surface area contributed by atoms with E-state index in [0.717, 1.165) is 16.2 Å². The molecule has 0 saturated carbocycles. The third-order valence-corrected chi connectivity index (χ3v) is 6.70. The number of rotatable bonds is 6. The van der Waals surface area contributed by atoms with E-state index < -0.39 is 34.4 Å². The van der Waals surface area contributed by atoms with Crippen LogP contribution in [0.15, 0.2) is 54.1 Å². The molecule has 2 heterocycles. The van der Waals surface area contributed by atoms with Crippen molar-refractivity contribution in [2.75, 3.05) is 19.1 Å². The maximum absolute atomic E-state index is 13.2. The number of hydrogen-bond donors (Lipinski definition) is 1. The monoisotopic (exact) mass is 509 g/mol. The van der Waals surface area contributed by atoms with Crippen molar-refractivity contribution >= 4 is 45.6 Å². The fourth-order valence-corrected chi connectivity index (χ4v) is 4.84. The number of aliphatic hydroxyl groups excluding tert-OH is 1. The van der Waals surface area contributed by atoms with Crippen LogP contribution >= 0.6 is 11.3 Å². The molecule has 36 heavy (non-hydrogen) atoms.